The van der Waals surface area contributed by atoms with Gasteiger partial charge in [0.25, 0.3) is 0 Å². The Balaban J connectivity index is 1.13. The molecule has 13 heteroatoms. The van der Waals surface area contributed by atoms with Crippen LogP contribution in [-0.4, -0.2) is 102 Å². The number of thioether (sulfide) groups is 1. The average molecular weight is 665 g/mol. The minimum absolute atomic E-state index is 0.164. The van der Waals surface area contributed by atoms with Crippen molar-refractivity contribution >= 4 is 17.4 Å². The minimum Gasteiger partial charge on any atom is -0.390 e. The third-order valence-corrected chi connectivity index (χ3v) is 10.2. The van der Waals surface area contributed by atoms with E-state index in [2.05, 4.69) is 20.0 Å². The maximum Gasteiger partial charge on any atom is 0.417 e. The summed E-state index contributed by atoms with van der Waals surface area (Å²) in [5, 5.41) is 19.3. The summed E-state index contributed by atoms with van der Waals surface area (Å²) >= 11 is 1.18. The van der Waals surface area contributed by atoms with Crippen LogP contribution in [-0.2, 0) is 25.7 Å². The molecule has 46 heavy (non-hydrogen) atoms. The number of nitrogens with zero attached hydrogens (tertiary/aromatic N) is 5. The van der Waals surface area contributed by atoms with E-state index in [1.165, 1.54) is 30.0 Å². The first-order valence-electron chi connectivity index (χ1n) is 16.0. The SMILES string of the molecule is O[C@@H](CN1CCN(c2ccc(F)cc2)CC1)Cn1nc(-c2ccc(C(F)(F)F)c(SCCN3CCC(F)CC3)c2)c2c1CCNC2. The second kappa shape index (κ2) is 14.6. The Bertz CT molecular complexity index is 1450. The highest BCUT2D eigenvalue weighted by atomic mass is 32.2. The van der Waals surface area contributed by atoms with Gasteiger partial charge in [-0.3, -0.25) is 9.58 Å². The number of piperidine rings is 1. The molecule has 0 bridgehead atoms. The predicted octanol–water partition coefficient (Wildman–Crippen LogP) is 5.06. The van der Waals surface area contributed by atoms with E-state index in [1.807, 2.05) is 4.68 Å². The van der Waals surface area contributed by atoms with E-state index in [0.717, 1.165) is 55.7 Å². The van der Waals surface area contributed by atoms with E-state index in [9.17, 15) is 27.1 Å². The average Bonchev–Trinajstić information content (AvgIpc) is 3.40. The van der Waals surface area contributed by atoms with E-state index in [-0.39, 0.29) is 10.7 Å². The number of hydrogen-bond acceptors (Lipinski definition) is 7. The van der Waals surface area contributed by atoms with E-state index in [4.69, 9.17) is 5.10 Å². The minimum atomic E-state index is -4.48. The van der Waals surface area contributed by atoms with E-state index >= 15 is 0 Å². The van der Waals surface area contributed by atoms with Gasteiger partial charge in [-0.2, -0.15) is 18.3 Å². The number of rotatable bonds is 10. The molecule has 6 rings (SSSR count). The number of alkyl halides is 4. The number of piperazine rings is 1. The molecule has 7 nitrogen and oxygen atoms in total. The Morgan fingerprint density at radius 3 is 2.41 bits per heavy atom. The fourth-order valence-corrected chi connectivity index (χ4v) is 7.75. The molecular formula is C33H41F5N6OS. The fourth-order valence-electron chi connectivity index (χ4n) is 6.63. The molecule has 0 saturated carbocycles. The summed E-state index contributed by atoms with van der Waals surface area (Å²) in [5.41, 5.74) is 3.54. The molecule has 0 radical (unpaired) electrons. The number of fused-ring (bicyclic) bond motifs is 1. The van der Waals surface area contributed by atoms with Crippen LogP contribution in [0.5, 0.6) is 0 Å². The van der Waals surface area contributed by atoms with Gasteiger partial charge in [0.05, 0.1) is 23.9 Å². The lowest BCUT2D eigenvalue weighted by Crippen LogP contribution is -2.49. The number of aromatic nitrogens is 2. The Morgan fingerprint density at radius 1 is 0.957 bits per heavy atom. The van der Waals surface area contributed by atoms with Crippen molar-refractivity contribution in [1.82, 2.24) is 24.9 Å². The molecule has 4 heterocycles. The highest BCUT2D eigenvalue weighted by Gasteiger charge is 2.34. The van der Waals surface area contributed by atoms with Crippen molar-refractivity contribution < 1.29 is 27.1 Å². The largest absolute Gasteiger partial charge is 0.417 e. The highest BCUT2D eigenvalue weighted by Crippen LogP contribution is 2.40. The summed E-state index contributed by atoms with van der Waals surface area (Å²) in [7, 11) is 0. The summed E-state index contributed by atoms with van der Waals surface area (Å²) in [6.07, 6.45) is -4.29. The third-order valence-electron chi connectivity index (χ3n) is 9.17. The van der Waals surface area contributed by atoms with Gasteiger partial charge in [0.1, 0.15) is 12.0 Å². The zero-order valence-electron chi connectivity index (χ0n) is 25.8. The predicted molar refractivity (Wildman–Crippen MR) is 170 cm³/mol. The standard InChI is InChI=1S/C33H41F5N6OS/c34-24-2-4-26(5-3-24)43-15-13-42(14-16-43)21-27(45)22-44-30-7-10-39-20-28(30)32(40-44)23-1-6-29(33(36,37)38)31(19-23)46-18-17-41-11-8-25(35)9-12-41/h1-6,19,25,27,39,45H,7-18,20-22H2/t27-/m0/s1. The first-order valence-corrected chi connectivity index (χ1v) is 17.0. The van der Waals surface area contributed by atoms with Gasteiger partial charge in [-0.15, -0.1) is 11.8 Å². The van der Waals surface area contributed by atoms with Crippen LogP contribution in [0.4, 0.5) is 27.6 Å². The maximum absolute atomic E-state index is 14.0. The van der Waals surface area contributed by atoms with E-state index < -0.39 is 24.0 Å². The number of β-amino-alcohol motifs (C(OH)–C–C–N with tert-alkyl or cyclic N) is 1. The van der Waals surface area contributed by atoms with Crippen LogP contribution >= 0.6 is 11.8 Å². The first-order chi connectivity index (χ1) is 22.1. The second-order valence-corrected chi connectivity index (χ2v) is 13.5. The van der Waals surface area contributed by atoms with Gasteiger partial charge in [0, 0.05) is 105 Å². The molecule has 1 aromatic heterocycles. The number of benzene rings is 2. The molecule has 0 unspecified atom stereocenters. The van der Waals surface area contributed by atoms with Crippen LogP contribution in [0, 0.1) is 5.82 Å². The summed E-state index contributed by atoms with van der Waals surface area (Å²) in [6, 6.07) is 10.7. The second-order valence-electron chi connectivity index (χ2n) is 12.4. The first kappa shape index (κ1) is 33.2. The Hall–Kier alpha value is -2.71. The van der Waals surface area contributed by atoms with Gasteiger partial charge in [-0.1, -0.05) is 6.07 Å². The molecule has 3 aliphatic rings. The van der Waals surface area contributed by atoms with Gasteiger partial charge in [-0.05, 0) is 49.2 Å². The van der Waals surface area contributed by atoms with Crippen LogP contribution in [0.3, 0.4) is 0 Å². The van der Waals surface area contributed by atoms with Gasteiger partial charge in [0.15, 0.2) is 0 Å². The highest BCUT2D eigenvalue weighted by molar-refractivity contribution is 7.99. The Morgan fingerprint density at radius 2 is 1.70 bits per heavy atom. The number of likely N-dealkylation sites (tertiary alicyclic amines) is 1. The zero-order valence-corrected chi connectivity index (χ0v) is 26.6. The maximum atomic E-state index is 14.0. The van der Waals surface area contributed by atoms with Crippen molar-refractivity contribution in [2.75, 3.05) is 69.6 Å². The van der Waals surface area contributed by atoms with Gasteiger partial charge >= 0.3 is 6.18 Å². The van der Waals surface area contributed by atoms with Crippen molar-refractivity contribution in [3.05, 3.63) is 65.1 Å². The van der Waals surface area contributed by atoms with Crippen LogP contribution in [0.2, 0.25) is 0 Å². The van der Waals surface area contributed by atoms with Crippen LogP contribution in [0.15, 0.2) is 47.4 Å². The van der Waals surface area contributed by atoms with Crippen LogP contribution < -0.4 is 10.2 Å². The summed E-state index contributed by atoms with van der Waals surface area (Å²) < 4.78 is 70.7. The van der Waals surface area contributed by atoms with Crippen molar-refractivity contribution in [2.24, 2.45) is 0 Å². The molecule has 2 saturated heterocycles. The molecular weight excluding hydrogens is 623 g/mol. The molecule has 3 aromatic rings. The number of nitrogens with one attached hydrogen (secondary N) is 1. The number of hydrogen-bond donors (Lipinski definition) is 2. The number of anilines is 1. The molecule has 3 aliphatic heterocycles. The van der Waals surface area contributed by atoms with Crippen LogP contribution in [0.25, 0.3) is 11.3 Å². The fraction of sp³-hybridized carbons (Fsp3) is 0.545. The molecule has 2 N–H and O–H groups in total. The van der Waals surface area contributed by atoms with Crippen molar-refractivity contribution in [3.63, 3.8) is 0 Å². The van der Waals surface area contributed by atoms with Crippen molar-refractivity contribution in [1.29, 1.82) is 0 Å². The lowest BCUT2D eigenvalue weighted by atomic mass is 10.0. The summed E-state index contributed by atoms with van der Waals surface area (Å²) in [4.78, 5) is 6.69. The van der Waals surface area contributed by atoms with E-state index in [1.54, 1.807) is 18.2 Å². The van der Waals surface area contributed by atoms with E-state index in [0.29, 0.717) is 75.5 Å². The lowest BCUT2D eigenvalue weighted by molar-refractivity contribution is -0.139. The molecule has 0 amide bonds. The van der Waals surface area contributed by atoms with Gasteiger partial charge in [-0.25, -0.2) is 8.78 Å². The Kier molecular flexibility index (Phi) is 10.5. The quantitative estimate of drug-likeness (QED) is 0.232. The Labute approximate surface area is 270 Å². The number of halogens is 5. The smallest absolute Gasteiger partial charge is 0.390 e. The zero-order chi connectivity index (χ0) is 32.3. The normalized spacial score (nSPS) is 19.4. The molecule has 2 fully saturated rings. The topological polar surface area (TPSA) is 59.8 Å². The van der Waals surface area contributed by atoms with Gasteiger partial charge in [0.2, 0.25) is 0 Å². The molecule has 1 atom stereocenters. The number of aliphatic hydroxyl groups excluding tert-OH is 1. The van der Waals surface area contributed by atoms with Crippen LogP contribution in [0.1, 0.15) is 29.7 Å². The van der Waals surface area contributed by atoms with Gasteiger partial charge < -0.3 is 20.2 Å². The number of aliphatic hydroxyl groups is 1. The van der Waals surface area contributed by atoms with Crippen molar-refractivity contribution in [2.45, 2.75) is 55.7 Å². The molecule has 250 valence electrons. The molecule has 2 aromatic carbocycles. The molecule has 0 aliphatic carbocycles. The summed E-state index contributed by atoms with van der Waals surface area (Å²) in [6.45, 7) is 7.01. The third kappa shape index (κ3) is 8.04. The molecule has 0 spiro atoms. The lowest BCUT2D eigenvalue weighted by Gasteiger charge is -2.37. The van der Waals surface area contributed by atoms with Crippen molar-refractivity contribution in [3.8, 4) is 11.3 Å². The monoisotopic (exact) mass is 664 g/mol. The summed E-state index contributed by atoms with van der Waals surface area (Å²) in [5.74, 6) is 0.215.